The number of H-pyrrole nitrogens is 1. The van der Waals surface area contributed by atoms with Crippen molar-refractivity contribution in [3.63, 3.8) is 0 Å². The Labute approximate surface area is 189 Å². The van der Waals surface area contributed by atoms with Crippen LogP contribution in [0.5, 0.6) is 0 Å². The second-order valence-corrected chi connectivity index (χ2v) is 8.29. The molecule has 0 saturated carbocycles. The molecule has 0 aromatic carbocycles. The Hall–Kier alpha value is -2.13. The minimum atomic E-state index is -1.57. The van der Waals surface area contributed by atoms with Crippen LogP contribution in [-0.4, -0.2) is 73.9 Å². The van der Waals surface area contributed by atoms with Crippen molar-refractivity contribution in [1.29, 1.82) is 5.26 Å². The summed E-state index contributed by atoms with van der Waals surface area (Å²) in [5.41, 5.74) is -0.990. The number of hydrogen-bond acceptors (Lipinski definition) is 9. The maximum absolute atomic E-state index is 12.6. The number of aromatic amines is 1. The SMILES string of the molecule is [2H]C([3H])OC[C@H]1O[C@@H](n2cc(C)c(=O)[nH]c2=O)[C@H](OCCNC(C)=O)[C@@H]1OP(C)OCCC#N. The molecule has 0 bridgehead atoms. The molecule has 32 heavy (non-hydrogen) atoms. The fourth-order valence-electron chi connectivity index (χ4n) is 3.08. The molecule has 0 spiro atoms. The number of aryl methyl sites for hydroxylation is 1. The summed E-state index contributed by atoms with van der Waals surface area (Å²) in [6.07, 6.45) is -2.13. The van der Waals surface area contributed by atoms with Gasteiger partial charge in [0.15, 0.2) is 14.6 Å². The molecule has 13 heteroatoms. The second-order valence-electron chi connectivity index (χ2n) is 6.95. The van der Waals surface area contributed by atoms with E-state index in [-0.39, 0.29) is 44.3 Å². The number of methoxy groups -OCH3 is 1. The quantitative estimate of drug-likeness (QED) is 0.318. The third-order valence-electron chi connectivity index (χ3n) is 4.51. The van der Waals surface area contributed by atoms with Gasteiger partial charge >= 0.3 is 5.69 Å². The van der Waals surface area contributed by atoms with E-state index in [0.717, 1.165) is 0 Å². The molecular formula is C19H29N4O8P. The Morgan fingerprint density at radius 2 is 2.28 bits per heavy atom. The highest BCUT2D eigenvalue weighted by molar-refractivity contribution is 7.46. The Morgan fingerprint density at radius 3 is 2.97 bits per heavy atom. The lowest BCUT2D eigenvalue weighted by Gasteiger charge is -2.27. The molecule has 1 saturated heterocycles. The van der Waals surface area contributed by atoms with Crippen LogP contribution in [0.1, 0.15) is 27.9 Å². The molecule has 0 radical (unpaired) electrons. The number of hydrogen-bond donors (Lipinski definition) is 2. The molecule has 1 aromatic rings. The van der Waals surface area contributed by atoms with Crippen molar-refractivity contribution in [3.8, 4) is 6.07 Å². The van der Waals surface area contributed by atoms with Crippen LogP contribution in [0.25, 0.3) is 0 Å². The molecule has 0 aliphatic carbocycles. The zero-order chi connectivity index (χ0) is 25.3. The largest absolute Gasteiger partial charge is 0.382 e. The van der Waals surface area contributed by atoms with Gasteiger partial charge in [0.2, 0.25) is 5.91 Å². The van der Waals surface area contributed by atoms with Gasteiger partial charge in [-0.2, -0.15) is 5.26 Å². The number of rotatable bonds is 12. The van der Waals surface area contributed by atoms with Gasteiger partial charge in [0, 0.05) is 39.0 Å². The number of carbonyl (C=O) groups is 1. The smallest absolute Gasteiger partial charge is 0.330 e. The van der Waals surface area contributed by atoms with Crippen molar-refractivity contribution in [3.05, 3.63) is 32.6 Å². The molecule has 1 aromatic heterocycles. The molecule has 2 rings (SSSR count). The molecule has 1 fully saturated rings. The minimum Gasteiger partial charge on any atom is -0.382 e. The molecule has 178 valence electrons. The number of nitriles is 1. The molecule has 2 unspecified atom stereocenters. The zero-order valence-electron chi connectivity index (χ0n) is 20.1. The standard InChI is InChI=1S/C19H29N4O8P/c1-12-10-23(19(26)22-17(12)25)18-16(28-9-7-21-13(2)24)15(14(30-18)11-27-3)31-32(4)29-8-5-6-20/h10,14-16,18H,5,7-9,11H2,1-4H3,(H,21,24)(H,22,25,26)/t14-,15-,16-,18-,32?/m1/s1/i3TD/t3?,14-,15-,16-,18-,32?. The number of nitrogens with one attached hydrogen (secondary N) is 2. The molecule has 6 atom stereocenters. The second kappa shape index (κ2) is 12.8. The Morgan fingerprint density at radius 1 is 1.50 bits per heavy atom. The predicted octanol–water partition coefficient (Wildman–Crippen LogP) is 0.167. The summed E-state index contributed by atoms with van der Waals surface area (Å²) in [6.45, 7) is 4.78. The summed E-state index contributed by atoms with van der Waals surface area (Å²) in [4.78, 5) is 37.8. The third kappa shape index (κ3) is 7.20. The molecule has 1 aliphatic rings. The molecule has 1 amide bonds. The van der Waals surface area contributed by atoms with E-state index in [1.165, 1.54) is 24.6 Å². The van der Waals surface area contributed by atoms with E-state index in [1.807, 2.05) is 6.07 Å². The van der Waals surface area contributed by atoms with E-state index < -0.39 is 51.2 Å². The normalized spacial score (nSPS) is 25.4. The number of amides is 1. The van der Waals surface area contributed by atoms with Crippen LogP contribution >= 0.6 is 8.38 Å². The maximum atomic E-state index is 12.6. The minimum absolute atomic E-state index is 0.0606. The van der Waals surface area contributed by atoms with Gasteiger partial charge in [0.1, 0.15) is 18.3 Å². The molecule has 2 heterocycles. The van der Waals surface area contributed by atoms with Gasteiger partial charge in [-0.3, -0.25) is 19.1 Å². The summed E-state index contributed by atoms with van der Waals surface area (Å²) in [5.74, 6) is -0.241. The monoisotopic (exact) mass is 475 g/mol. The van der Waals surface area contributed by atoms with Gasteiger partial charge in [-0.05, 0) is 6.92 Å². The van der Waals surface area contributed by atoms with Gasteiger partial charge in [0.25, 0.3) is 5.56 Å². The van der Waals surface area contributed by atoms with E-state index >= 15 is 0 Å². The van der Waals surface area contributed by atoms with E-state index in [0.29, 0.717) is 0 Å². The first-order chi connectivity index (χ1) is 16.1. The van der Waals surface area contributed by atoms with Gasteiger partial charge in [-0.25, -0.2) is 4.79 Å². The van der Waals surface area contributed by atoms with Crippen molar-refractivity contribution in [1.82, 2.24) is 14.9 Å². The topological polar surface area (TPSA) is 154 Å². The van der Waals surface area contributed by atoms with E-state index in [2.05, 4.69) is 10.3 Å². The van der Waals surface area contributed by atoms with E-state index in [9.17, 15) is 14.4 Å². The van der Waals surface area contributed by atoms with E-state index in [4.69, 9.17) is 31.3 Å². The van der Waals surface area contributed by atoms with Gasteiger partial charge in [0.05, 0.1) is 35.1 Å². The number of ether oxygens (including phenoxy) is 3. The summed E-state index contributed by atoms with van der Waals surface area (Å²) in [6, 6.07) is 1.97. The fourth-order valence-corrected chi connectivity index (χ4v) is 4.09. The first-order valence-corrected chi connectivity index (χ1v) is 11.5. The molecule has 2 N–H and O–H groups in total. The molecular weight excluding hydrogens is 443 g/mol. The van der Waals surface area contributed by atoms with Crippen LogP contribution in [-0.2, 0) is 28.1 Å². The van der Waals surface area contributed by atoms with Crippen molar-refractivity contribution in [2.75, 3.05) is 40.1 Å². The maximum Gasteiger partial charge on any atom is 0.330 e. The highest BCUT2D eigenvalue weighted by Crippen LogP contribution is 2.43. The molecule has 12 nitrogen and oxygen atoms in total. The van der Waals surface area contributed by atoms with Crippen molar-refractivity contribution in [2.45, 2.75) is 44.8 Å². The van der Waals surface area contributed by atoms with E-state index in [1.54, 1.807) is 6.66 Å². The Bertz CT molecular complexity index is 969. The van der Waals surface area contributed by atoms with Crippen LogP contribution in [0.4, 0.5) is 0 Å². The average Bonchev–Trinajstić information content (AvgIpc) is 3.09. The number of carbonyl (C=O) groups excluding carboxylic acids is 1. The van der Waals surface area contributed by atoms with Gasteiger partial charge in [-0.1, -0.05) is 0 Å². The van der Waals surface area contributed by atoms with Crippen LogP contribution in [0, 0.1) is 18.3 Å². The number of aromatic nitrogens is 2. The lowest BCUT2D eigenvalue weighted by atomic mass is 10.1. The van der Waals surface area contributed by atoms with Crippen LogP contribution in [0.3, 0.4) is 0 Å². The summed E-state index contributed by atoms with van der Waals surface area (Å²) in [7, 11) is -3.07. The molecule has 1 aliphatic heterocycles. The van der Waals surface area contributed by atoms with Crippen LogP contribution in [0.15, 0.2) is 15.8 Å². The summed E-state index contributed by atoms with van der Waals surface area (Å²) in [5, 5.41) is 11.3. The Kier molecular flexibility index (Phi) is 9.21. The first kappa shape index (κ1) is 23.0. The van der Waals surface area contributed by atoms with Gasteiger partial charge < -0.3 is 28.6 Å². The van der Waals surface area contributed by atoms with Crippen LogP contribution in [0.2, 0.25) is 0 Å². The van der Waals surface area contributed by atoms with Crippen molar-refractivity contribution >= 4 is 14.3 Å². The predicted molar refractivity (Wildman–Crippen MR) is 114 cm³/mol. The first-order valence-electron chi connectivity index (χ1n) is 11.0. The van der Waals surface area contributed by atoms with Gasteiger partial charge in [-0.15, -0.1) is 0 Å². The zero-order valence-corrected chi connectivity index (χ0v) is 19.0. The van der Waals surface area contributed by atoms with Crippen LogP contribution < -0.4 is 16.6 Å². The average molecular weight is 475 g/mol. The van der Waals surface area contributed by atoms with Crippen molar-refractivity contribution in [2.24, 2.45) is 0 Å². The lowest BCUT2D eigenvalue weighted by molar-refractivity contribution is -0.119. The Balaban J connectivity index is 2.34. The summed E-state index contributed by atoms with van der Waals surface area (Å²) >= 11 is 0. The lowest BCUT2D eigenvalue weighted by Crippen LogP contribution is -2.41. The highest BCUT2D eigenvalue weighted by Gasteiger charge is 2.48. The summed E-state index contributed by atoms with van der Waals surface area (Å²) < 4.78 is 44.5. The number of nitrogens with zero attached hydrogens (tertiary/aromatic N) is 2. The fraction of sp³-hybridized carbons (Fsp3) is 0.684. The third-order valence-corrected chi connectivity index (χ3v) is 5.60. The highest BCUT2D eigenvalue weighted by atomic mass is 31.2. The van der Waals surface area contributed by atoms with Crippen molar-refractivity contribution < 1.29 is 30.8 Å².